The Morgan fingerprint density at radius 2 is 1.88 bits per heavy atom. The summed E-state index contributed by atoms with van der Waals surface area (Å²) >= 11 is 4.92. The second kappa shape index (κ2) is 4.42. The largest absolute Gasteiger partial charge is 0.302 e. The number of amides is 2. The lowest BCUT2D eigenvalue weighted by Crippen LogP contribution is -2.58. The summed E-state index contributed by atoms with van der Waals surface area (Å²) in [4.78, 5) is 35.1. The fraction of sp³-hybridized carbons (Fsp3) is 0.0909. The number of hydrogen-bond acceptors (Lipinski definition) is 4. The average molecular weight is 248 g/mol. The Labute approximate surface area is 102 Å². The topological polar surface area (TPSA) is 66.5 Å². The van der Waals surface area contributed by atoms with Crippen LogP contribution >= 0.6 is 12.2 Å². The number of rotatable bonds is 2. The van der Waals surface area contributed by atoms with Crippen LogP contribution in [0.2, 0.25) is 0 Å². The summed E-state index contributed by atoms with van der Waals surface area (Å²) < 4.78 is 0. The zero-order valence-corrected chi connectivity index (χ0v) is 9.44. The number of benzene rings is 1. The highest BCUT2D eigenvalue weighted by atomic mass is 32.1. The van der Waals surface area contributed by atoms with Gasteiger partial charge in [-0.15, -0.1) is 0 Å². The molecule has 86 valence electrons. The third-order valence-electron chi connectivity index (χ3n) is 2.35. The molecule has 1 N–H and O–H groups in total. The third-order valence-corrected chi connectivity index (χ3v) is 2.64. The fourth-order valence-electron chi connectivity index (χ4n) is 1.53. The number of thiocarbonyl (C=S) groups is 1. The quantitative estimate of drug-likeness (QED) is 0.463. The minimum atomic E-state index is -1.33. The van der Waals surface area contributed by atoms with Gasteiger partial charge in [0.2, 0.25) is 5.91 Å². The first kappa shape index (κ1) is 11.4. The van der Waals surface area contributed by atoms with Crippen molar-refractivity contribution in [3.63, 3.8) is 0 Å². The number of nitrogens with one attached hydrogen (secondary N) is 1. The van der Waals surface area contributed by atoms with Crippen molar-refractivity contribution in [1.29, 1.82) is 0 Å². The number of hydrogen-bond donors (Lipinski definition) is 1. The van der Waals surface area contributed by atoms with Crippen molar-refractivity contribution < 1.29 is 14.4 Å². The maximum atomic E-state index is 11.9. The first-order valence-corrected chi connectivity index (χ1v) is 5.25. The molecule has 2 rings (SSSR count). The molecule has 1 aromatic rings. The molecule has 1 heterocycles. The molecule has 0 saturated carbocycles. The molecule has 1 aliphatic rings. The van der Waals surface area contributed by atoms with Crippen LogP contribution in [-0.2, 0) is 14.4 Å². The van der Waals surface area contributed by atoms with Gasteiger partial charge in [-0.05, 0) is 24.4 Å². The molecule has 6 heteroatoms. The highest BCUT2D eigenvalue weighted by Gasteiger charge is 2.38. The molecule has 17 heavy (non-hydrogen) atoms. The monoisotopic (exact) mass is 248 g/mol. The molecule has 0 bridgehead atoms. The number of carbonyl (C=O) groups excluding carboxylic acids is 3. The zero-order valence-electron chi connectivity index (χ0n) is 8.62. The highest BCUT2D eigenvalue weighted by molar-refractivity contribution is 7.80. The van der Waals surface area contributed by atoms with E-state index in [9.17, 15) is 14.4 Å². The molecule has 1 aliphatic heterocycles. The van der Waals surface area contributed by atoms with E-state index in [2.05, 4.69) is 5.32 Å². The van der Waals surface area contributed by atoms with E-state index in [0.717, 1.165) is 4.90 Å². The summed E-state index contributed by atoms with van der Waals surface area (Å²) in [5.74, 6) is -2.64. The van der Waals surface area contributed by atoms with Gasteiger partial charge in [0.15, 0.2) is 11.0 Å². The molecule has 0 radical (unpaired) electrons. The molecule has 1 atom stereocenters. The number of anilines is 1. The van der Waals surface area contributed by atoms with E-state index in [1.54, 1.807) is 30.3 Å². The summed E-state index contributed by atoms with van der Waals surface area (Å²) in [6, 6.07) is 8.60. The van der Waals surface area contributed by atoms with Crippen LogP contribution in [0.1, 0.15) is 0 Å². The van der Waals surface area contributed by atoms with Gasteiger partial charge in [-0.2, -0.15) is 0 Å². The lowest BCUT2D eigenvalue weighted by atomic mass is 10.1. The Morgan fingerprint density at radius 3 is 2.47 bits per heavy atom. The number of nitrogens with zero attached hydrogens (tertiary/aromatic N) is 1. The van der Waals surface area contributed by atoms with Gasteiger partial charge in [-0.3, -0.25) is 14.5 Å². The molecule has 1 aromatic carbocycles. The first-order chi connectivity index (χ1) is 8.15. The van der Waals surface area contributed by atoms with E-state index < -0.39 is 17.7 Å². The van der Waals surface area contributed by atoms with Gasteiger partial charge in [-0.25, -0.2) is 0 Å². The number of carbonyl (C=O) groups is 3. The zero-order chi connectivity index (χ0) is 12.4. The van der Waals surface area contributed by atoms with Gasteiger partial charge in [0, 0.05) is 0 Å². The summed E-state index contributed by atoms with van der Waals surface area (Å²) in [6.45, 7) is 0. The smallest absolute Gasteiger partial charge is 0.253 e. The van der Waals surface area contributed by atoms with Crippen LogP contribution in [-0.4, -0.2) is 23.2 Å². The minimum absolute atomic E-state index is 0.00991. The van der Waals surface area contributed by atoms with Crippen LogP contribution in [0.4, 0.5) is 5.69 Å². The standard InChI is InChI=1S/C11H8N2O3S/c14-6-8-9(15)12-11(17)13(10(8)16)7-4-2-1-3-5-7/h1-6,8H,(H,12,15,17). The van der Waals surface area contributed by atoms with E-state index in [1.807, 2.05) is 0 Å². The average Bonchev–Trinajstić information content (AvgIpc) is 2.30. The molecular formula is C11H8N2O3S. The lowest BCUT2D eigenvalue weighted by molar-refractivity contribution is -0.136. The normalized spacial score (nSPS) is 20.1. The van der Waals surface area contributed by atoms with Crippen LogP contribution in [0.3, 0.4) is 0 Å². The summed E-state index contributed by atoms with van der Waals surface area (Å²) in [5.41, 5.74) is 0.523. The molecule has 0 aromatic heterocycles. The molecule has 1 saturated heterocycles. The molecule has 0 aliphatic carbocycles. The van der Waals surface area contributed by atoms with Crippen molar-refractivity contribution in [2.75, 3.05) is 4.90 Å². The summed E-state index contributed by atoms with van der Waals surface area (Å²) in [6.07, 6.45) is 0.315. The van der Waals surface area contributed by atoms with Gasteiger partial charge in [0.05, 0.1) is 5.69 Å². The van der Waals surface area contributed by atoms with Crippen LogP contribution in [0.15, 0.2) is 30.3 Å². The van der Waals surface area contributed by atoms with Gasteiger partial charge in [-0.1, -0.05) is 18.2 Å². The fourth-order valence-corrected chi connectivity index (χ4v) is 1.83. The molecule has 1 fully saturated rings. The number of para-hydroxylation sites is 1. The number of aldehydes is 1. The predicted molar refractivity (Wildman–Crippen MR) is 64.2 cm³/mol. The van der Waals surface area contributed by atoms with Gasteiger partial charge in [0.1, 0.15) is 6.29 Å². The first-order valence-electron chi connectivity index (χ1n) is 4.84. The van der Waals surface area contributed by atoms with Gasteiger partial charge < -0.3 is 10.1 Å². The van der Waals surface area contributed by atoms with Crippen molar-refractivity contribution in [2.45, 2.75) is 0 Å². The van der Waals surface area contributed by atoms with Crippen molar-refractivity contribution >= 4 is 41.1 Å². The minimum Gasteiger partial charge on any atom is -0.302 e. The highest BCUT2D eigenvalue weighted by Crippen LogP contribution is 2.19. The third kappa shape index (κ3) is 1.94. The predicted octanol–water partition coefficient (Wildman–Crippen LogP) is 0.249. The Hall–Kier alpha value is -2.08. The Bertz CT molecular complexity index is 501. The molecule has 2 amide bonds. The van der Waals surface area contributed by atoms with Crippen LogP contribution in [0.5, 0.6) is 0 Å². The lowest BCUT2D eigenvalue weighted by Gasteiger charge is -2.30. The molecule has 5 nitrogen and oxygen atoms in total. The van der Waals surface area contributed by atoms with Crippen LogP contribution in [0.25, 0.3) is 0 Å². The van der Waals surface area contributed by atoms with E-state index in [0.29, 0.717) is 12.0 Å². The Kier molecular flexibility index (Phi) is 2.97. The van der Waals surface area contributed by atoms with Crippen molar-refractivity contribution in [3.8, 4) is 0 Å². The second-order valence-corrected chi connectivity index (χ2v) is 3.80. The van der Waals surface area contributed by atoms with Crippen molar-refractivity contribution in [3.05, 3.63) is 30.3 Å². The van der Waals surface area contributed by atoms with Crippen LogP contribution in [0, 0.1) is 5.92 Å². The van der Waals surface area contributed by atoms with E-state index in [-0.39, 0.29) is 5.11 Å². The van der Waals surface area contributed by atoms with E-state index in [1.165, 1.54) is 0 Å². The molecular weight excluding hydrogens is 240 g/mol. The SMILES string of the molecule is O=CC1C(=O)NC(=S)N(c2ccccc2)C1=O. The van der Waals surface area contributed by atoms with E-state index >= 15 is 0 Å². The van der Waals surface area contributed by atoms with Crippen molar-refractivity contribution in [1.82, 2.24) is 5.32 Å². The van der Waals surface area contributed by atoms with Crippen molar-refractivity contribution in [2.24, 2.45) is 5.92 Å². The Balaban J connectivity index is 2.40. The van der Waals surface area contributed by atoms with Crippen LogP contribution < -0.4 is 10.2 Å². The Morgan fingerprint density at radius 1 is 1.24 bits per heavy atom. The van der Waals surface area contributed by atoms with Gasteiger partial charge in [0.25, 0.3) is 5.91 Å². The van der Waals surface area contributed by atoms with Gasteiger partial charge >= 0.3 is 0 Å². The summed E-state index contributed by atoms with van der Waals surface area (Å²) in [5, 5.41) is 2.32. The maximum Gasteiger partial charge on any atom is 0.253 e. The summed E-state index contributed by atoms with van der Waals surface area (Å²) in [7, 11) is 0. The molecule has 1 unspecified atom stereocenters. The second-order valence-electron chi connectivity index (χ2n) is 3.42. The van der Waals surface area contributed by atoms with E-state index in [4.69, 9.17) is 12.2 Å². The maximum absolute atomic E-state index is 11.9. The molecule has 0 spiro atoms.